The highest BCUT2D eigenvalue weighted by Crippen LogP contribution is 2.33. The number of pyridine rings is 1. The Labute approximate surface area is 244 Å². The number of hydrogen-bond donors (Lipinski definition) is 2. The molecule has 4 rings (SSSR count). The topological polar surface area (TPSA) is 124 Å². The maximum Gasteiger partial charge on any atom is 0.407 e. The molecule has 1 atom stereocenters. The van der Waals surface area contributed by atoms with Crippen molar-refractivity contribution in [1.82, 2.24) is 24.8 Å². The van der Waals surface area contributed by atoms with Gasteiger partial charge in [-0.05, 0) is 31.0 Å². The fourth-order valence-electron chi connectivity index (χ4n) is 4.35. The summed E-state index contributed by atoms with van der Waals surface area (Å²) < 4.78 is 14.5. The second-order valence-corrected chi connectivity index (χ2v) is 10.5. The van der Waals surface area contributed by atoms with Crippen LogP contribution in [0.15, 0.2) is 41.7 Å². The first-order chi connectivity index (χ1) is 19.0. The van der Waals surface area contributed by atoms with E-state index < -0.39 is 24.0 Å². The molecule has 0 aliphatic carbocycles. The molecule has 1 unspecified atom stereocenters. The second-order valence-electron chi connectivity index (χ2n) is 9.35. The third-order valence-electron chi connectivity index (χ3n) is 6.29. The third kappa shape index (κ3) is 6.27. The molecule has 1 saturated heterocycles. The van der Waals surface area contributed by atoms with Crippen LogP contribution in [0.3, 0.4) is 0 Å². The molecule has 10 nitrogen and oxygen atoms in total. The van der Waals surface area contributed by atoms with Gasteiger partial charge < -0.3 is 20.2 Å². The first kappa shape index (κ1) is 29.4. The smallest absolute Gasteiger partial charge is 0.407 e. The standard InChI is InChI=1S/C26H25Cl3FN7O3/c1-13(2)19-21(23(29)32-12-31-19)34-25(38)35-24(37-9-8-36(26(39)40)11-14(37)3)16-10-17(27)20(33-22(16)28)15-6-4-5-7-18(15)30/h4-7,10,12-14H,8-9,11H2,1-3H3,(H,34,38)(H,39,40)/b35-24+. The van der Waals surface area contributed by atoms with E-state index in [0.717, 1.165) is 0 Å². The van der Waals surface area contributed by atoms with E-state index in [4.69, 9.17) is 34.8 Å². The minimum absolute atomic E-state index is 0.0456. The lowest BCUT2D eigenvalue weighted by atomic mass is 10.1. The predicted molar refractivity (Wildman–Crippen MR) is 152 cm³/mol. The fourth-order valence-corrected chi connectivity index (χ4v) is 5.02. The van der Waals surface area contributed by atoms with Gasteiger partial charge in [-0.2, -0.15) is 4.99 Å². The predicted octanol–water partition coefficient (Wildman–Crippen LogP) is 6.42. The van der Waals surface area contributed by atoms with Crippen molar-refractivity contribution in [2.45, 2.75) is 32.7 Å². The minimum Gasteiger partial charge on any atom is -0.465 e. The highest BCUT2D eigenvalue weighted by atomic mass is 35.5. The molecule has 3 heterocycles. The molecule has 210 valence electrons. The second kappa shape index (κ2) is 12.3. The van der Waals surface area contributed by atoms with Crippen molar-refractivity contribution in [3.05, 3.63) is 69.1 Å². The van der Waals surface area contributed by atoms with E-state index in [2.05, 4.69) is 25.3 Å². The average Bonchev–Trinajstić information content (AvgIpc) is 2.90. The first-order valence-electron chi connectivity index (χ1n) is 12.2. The zero-order valence-corrected chi connectivity index (χ0v) is 24.0. The Morgan fingerprint density at radius 1 is 1.15 bits per heavy atom. The van der Waals surface area contributed by atoms with Crippen molar-refractivity contribution in [1.29, 1.82) is 0 Å². The zero-order chi connectivity index (χ0) is 29.1. The van der Waals surface area contributed by atoms with Crippen molar-refractivity contribution in [3.8, 4) is 11.3 Å². The van der Waals surface area contributed by atoms with Gasteiger partial charge in [0.05, 0.1) is 22.0 Å². The zero-order valence-electron chi connectivity index (χ0n) is 21.7. The van der Waals surface area contributed by atoms with Gasteiger partial charge in [0.2, 0.25) is 0 Å². The highest BCUT2D eigenvalue weighted by molar-refractivity contribution is 6.37. The van der Waals surface area contributed by atoms with Crippen LogP contribution in [0.2, 0.25) is 15.3 Å². The largest absolute Gasteiger partial charge is 0.465 e. The average molecular weight is 609 g/mol. The van der Waals surface area contributed by atoms with E-state index in [9.17, 15) is 19.1 Å². The van der Waals surface area contributed by atoms with E-state index >= 15 is 0 Å². The lowest BCUT2D eigenvalue weighted by molar-refractivity contribution is 0.106. The fraction of sp³-hybridized carbons (Fsp3) is 0.308. The molecular formula is C26H25Cl3FN7O3. The van der Waals surface area contributed by atoms with E-state index in [-0.39, 0.29) is 69.2 Å². The van der Waals surface area contributed by atoms with Crippen LogP contribution in [0, 0.1) is 5.82 Å². The van der Waals surface area contributed by atoms with Crippen LogP contribution in [0.25, 0.3) is 11.3 Å². The molecule has 14 heteroatoms. The van der Waals surface area contributed by atoms with Gasteiger partial charge in [-0.1, -0.05) is 60.8 Å². The number of nitrogens with zero attached hydrogens (tertiary/aromatic N) is 6. The van der Waals surface area contributed by atoms with Crippen molar-refractivity contribution in [3.63, 3.8) is 0 Å². The van der Waals surface area contributed by atoms with Crippen molar-refractivity contribution < 1.29 is 19.1 Å². The number of aliphatic imine (C=N–C) groups is 1. The summed E-state index contributed by atoms with van der Waals surface area (Å²) in [5.74, 6) is -0.504. The van der Waals surface area contributed by atoms with E-state index in [1.807, 2.05) is 13.8 Å². The Hall–Kier alpha value is -3.54. The Kier molecular flexibility index (Phi) is 9.07. The number of rotatable bonds is 4. The molecule has 0 radical (unpaired) electrons. The summed E-state index contributed by atoms with van der Waals surface area (Å²) in [5.41, 5.74) is 1.21. The SMILES string of the molecule is CC(C)c1ncnc(Cl)c1NC(=O)/N=C(\c1cc(Cl)c(-c2ccccc2F)nc1Cl)N1CCN(C(=O)O)CC1C. The van der Waals surface area contributed by atoms with Gasteiger partial charge >= 0.3 is 12.1 Å². The van der Waals surface area contributed by atoms with E-state index in [0.29, 0.717) is 5.69 Å². The molecule has 0 spiro atoms. The van der Waals surface area contributed by atoms with E-state index in [1.165, 1.54) is 29.4 Å². The van der Waals surface area contributed by atoms with Gasteiger partial charge in [0.1, 0.15) is 28.8 Å². The van der Waals surface area contributed by atoms with Gasteiger partial charge in [-0.15, -0.1) is 0 Å². The molecule has 0 saturated carbocycles. The molecule has 1 aromatic carbocycles. The van der Waals surface area contributed by atoms with Gasteiger partial charge in [0.15, 0.2) is 5.15 Å². The van der Waals surface area contributed by atoms with Crippen LogP contribution in [0.4, 0.5) is 19.7 Å². The van der Waals surface area contributed by atoms with Crippen LogP contribution in [-0.2, 0) is 0 Å². The number of halogens is 4. The summed E-state index contributed by atoms with van der Waals surface area (Å²) in [6.45, 7) is 6.07. The Balaban J connectivity index is 1.79. The summed E-state index contributed by atoms with van der Waals surface area (Å²) in [6, 6.07) is 6.24. The molecule has 1 aliphatic heterocycles. The number of carbonyl (C=O) groups excluding carboxylic acids is 1. The number of amidine groups is 1. The number of urea groups is 1. The molecule has 1 aliphatic rings. The number of aromatic nitrogens is 3. The molecule has 1 fully saturated rings. The van der Waals surface area contributed by atoms with Crippen LogP contribution in [0.1, 0.15) is 37.9 Å². The number of piperazine rings is 1. The molecule has 3 amide bonds. The number of nitrogens with one attached hydrogen (secondary N) is 1. The number of hydrogen-bond acceptors (Lipinski definition) is 5. The minimum atomic E-state index is -1.06. The van der Waals surface area contributed by atoms with Crippen LogP contribution >= 0.6 is 34.8 Å². The van der Waals surface area contributed by atoms with Gasteiger partial charge in [-0.25, -0.2) is 28.9 Å². The van der Waals surface area contributed by atoms with Gasteiger partial charge in [-0.3, -0.25) is 0 Å². The molecule has 0 bridgehead atoms. The number of carboxylic acid groups (broad SMARTS) is 1. The van der Waals surface area contributed by atoms with Gasteiger partial charge in [0, 0.05) is 31.2 Å². The lowest BCUT2D eigenvalue weighted by Gasteiger charge is -2.40. The number of amides is 3. The number of carbonyl (C=O) groups is 2. The maximum atomic E-state index is 14.5. The van der Waals surface area contributed by atoms with Crippen LogP contribution in [-0.4, -0.2) is 73.5 Å². The van der Waals surface area contributed by atoms with Crippen molar-refractivity contribution in [2.24, 2.45) is 4.99 Å². The molecular weight excluding hydrogens is 584 g/mol. The number of benzene rings is 1. The van der Waals surface area contributed by atoms with Crippen LogP contribution in [0.5, 0.6) is 0 Å². The summed E-state index contributed by atoms with van der Waals surface area (Å²) in [7, 11) is 0. The quantitative estimate of drug-likeness (QED) is 0.151. The number of anilines is 1. The molecule has 3 aromatic rings. The normalized spacial score (nSPS) is 15.9. The van der Waals surface area contributed by atoms with Crippen molar-refractivity contribution >= 4 is 58.5 Å². The Bertz CT molecular complexity index is 1490. The summed E-state index contributed by atoms with van der Waals surface area (Å²) in [4.78, 5) is 44.7. The maximum absolute atomic E-state index is 14.5. The van der Waals surface area contributed by atoms with Gasteiger partial charge in [0.25, 0.3) is 0 Å². The lowest BCUT2D eigenvalue weighted by Crippen LogP contribution is -2.55. The molecule has 40 heavy (non-hydrogen) atoms. The molecule has 2 aromatic heterocycles. The Morgan fingerprint density at radius 2 is 1.88 bits per heavy atom. The van der Waals surface area contributed by atoms with Crippen LogP contribution < -0.4 is 5.32 Å². The van der Waals surface area contributed by atoms with E-state index in [1.54, 1.807) is 24.0 Å². The molecule has 2 N–H and O–H groups in total. The third-order valence-corrected chi connectivity index (χ3v) is 7.15. The summed E-state index contributed by atoms with van der Waals surface area (Å²) >= 11 is 19.4. The monoisotopic (exact) mass is 607 g/mol. The van der Waals surface area contributed by atoms with Crippen molar-refractivity contribution in [2.75, 3.05) is 25.0 Å². The summed E-state index contributed by atoms with van der Waals surface area (Å²) in [5, 5.41) is 12.2. The Morgan fingerprint density at radius 3 is 2.52 bits per heavy atom. The highest BCUT2D eigenvalue weighted by Gasteiger charge is 2.31. The summed E-state index contributed by atoms with van der Waals surface area (Å²) in [6.07, 6.45) is 0.246. The first-order valence-corrected chi connectivity index (χ1v) is 13.4.